The van der Waals surface area contributed by atoms with Gasteiger partial charge in [-0.25, -0.2) is 13.4 Å². The van der Waals surface area contributed by atoms with Gasteiger partial charge < -0.3 is 15.3 Å². The van der Waals surface area contributed by atoms with Crippen LogP contribution < -0.4 is 10.2 Å². The first-order valence-electron chi connectivity index (χ1n) is 10.2. The number of aromatic nitrogens is 1. The Balaban J connectivity index is 1.52. The van der Waals surface area contributed by atoms with Gasteiger partial charge in [-0.15, -0.1) is 0 Å². The predicted molar refractivity (Wildman–Crippen MR) is 109 cm³/mol. The number of anilines is 1. The molecule has 4 rings (SSSR count). The second-order valence-corrected chi connectivity index (χ2v) is 10.2. The van der Waals surface area contributed by atoms with Gasteiger partial charge in [-0.1, -0.05) is 0 Å². The zero-order valence-corrected chi connectivity index (χ0v) is 17.7. The molecular formula is C20H28N4O4S. The number of hydrogen-bond donors (Lipinski definition) is 2. The van der Waals surface area contributed by atoms with Crippen molar-refractivity contribution in [1.29, 1.82) is 0 Å². The van der Waals surface area contributed by atoms with E-state index in [0.29, 0.717) is 38.0 Å². The molecule has 0 bridgehead atoms. The third-order valence-corrected chi connectivity index (χ3v) is 8.24. The third-order valence-electron chi connectivity index (χ3n) is 6.24. The lowest BCUT2D eigenvalue weighted by atomic mass is 9.97. The van der Waals surface area contributed by atoms with Crippen molar-refractivity contribution in [2.24, 2.45) is 5.92 Å². The van der Waals surface area contributed by atoms with Gasteiger partial charge in [-0.2, -0.15) is 4.31 Å². The second-order valence-electron chi connectivity index (χ2n) is 8.26. The molecule has 0 aliphatic carbocycles. The number of aliphatic hydroxyl groups excluding tert-OH is 1. The molecule has 2 unspecified atom stereocenters. The summed E-state index contributed by atoms with van der Waals surface area (Å²) < 4.78 is 27.6. The smallest absolute Gasteiger partial charge is 0.244 e. The summed E-state index contributed by atoms with van der Waals surface area (Å²) >= 11 is 0. The summed E-state index contributed by atoms with van der Waals surface area (Å²) in [4.78, 5) is 18.4. The molecule has 2 atom stereocenters. The highest BCUT2D eigenvalue weighted by Crippen LogP contribution is 2.30. The van der Waals surface area contributed by atoms with E-state index in [1.54, 1.807) is 13.8 Å². The van der Waals surface area contributed by atoms with E-state index in [0.717, 1.165) is 30.9 Å². The zero-order chi connectivity index (χ0) is 20.8. The fraction of sp³-hybridized carbons (Fsp3) is 0.600. The number of hydrogen-bond acceptors (Lipinski definition) is 6. The van der Waals surface area contributed by atoms with Crippen molar-refractivity contribution in [1.82, 2.24) is 14.6 Å². The molecule has 8 nitrogen and oxygen atoms in total. The van der Waals surface area contributed by atoms with Crippen molar-refractivity contribution in [3.8, 4) is 0 Å². The van der Waals surface area contributed by atoms with Crippen LogP contribution >= 0.6 is 0 Å². The number of aryl methyl sites for hydroxylation is 1. The van der Waals surface area contributed by atoms with Crippen LogP contribution in [0.25, 0.3) is 0 Å². The third kappa shape index (κ3) is 3.91. The Morgan fingerprint density at radius 2 is 2.07 bits per heavy atom. The van der Waals surface area contributed by atoms with Gasteiger partial charge >= 0.3 is 0 Å². The number of rotatable bonds is 4. The maximum atomic E-state index is 13.1. The first-order valence-corrected chi connectivity index (χ1v) is 11.6. The van der Waals surface area contributed by atoms with E-state index in [2.05, 4.69) is 15.2 Å². The lowest BCUT2D eigenvalue weighted by Crippen LogP contribution is -2.40. The summed E-state index contributed by atoms with van der Waals surface area (Å²) in [6.45, 7) is 5.72. The topological polar surface area (TPSA) is 103 Å². The highest BCUT2D eigenvalue weighted by Gasteiger charge is 2.35. The zero-order valence-electron chi connectivity index (χ0n) is 16.9. The monoisotopic (exact) mass is 420 g/mol. The van der Waals surface area contributed by atoms with Crippen molar-refractivity contribution in [2.45, 2.75) is 50.5 Å². The normalized spacial score (nSPS) is 24.4. The second kappa shape index (κ2) is 7.70. The van der Waals surface area contributed by atoms with E-state index in [-0.39, 0.29) is 16.7 Å². The Hall–Kier alpha value is -1.97. The van der Waals surface area contributed by atoms with E-state index in [1.807, 2.05) is 6.07 Å². The van der Waals surface area contributed by atoms with Gasteiger partial charge in [0.05, 0.1) is 6.10 Å². The molecule has 158 valence electrons. The van der Waals surface area contributed by atoms with Crippen molar-refractivity contribution in [3.63, 3.8) is 0 Å². The van der Waals surface area contributed by atoms with E-state index >= 15 is 0 Å². The van der Waals surface area contributed by atoms with Gasteiger partial charge in [0.1, 0.15) is 10.7 Å². The molecule has 4 heterocycles. The molecule has 1 fully saturated rings. The Labute approximate surface area is 171 Å². The molecule has 3 aliphatic heterocycles. The number of nitrogens with one attached hydrogen (secondary N) is 1. The molecule has 1 aromatic heterocycles. The number of nitrogens with zero attached hydrogens (tertiary/aromatic N) is 3. The Kier molecular flexibility index (Phi) is 5.39. The molecule has 0 aromatic carbocycles. The summed E-state index contributed by atoms with van der Waals surface area (Å²) in [5.41, 5.74) is 2.94. The van der Waals surface area contributed by atoms with Crippen molar-refractivity contribution < 1.29 is 18.3 Å². The maximum absolute atomic E-state index is 13.1. The minimum absolute atomic E-state index is 0.0240. The van der Waals surface area contributed by atoms with E-state index in [1.165, 1.54) is 16.1 Å². The molecule has 1 amide bonds. The summed E-state index contributed by atoms with van der Waals surface area (Å²) in [5.74, 6) is 0.817. The Morgan fingerprint density at radius 1 is 1.28 bits per heavy atom. The van der Waals surface area contributed by atoms with Crippen molar-refractivity contribution >= 4 is 21.7 Å². The number of amides is 1. The molecule has 0 spiro atoms. The molecule has 29 heavy (non-hydrogen) atoms. The van der Waals surface area contributed by atoms with E-state index in [9.17, 15) is 18.3 Å². The van der Waals surface area contributed by atoms with Crippen LogP contribution in [0.5, 0.6) is 0 Å². The highest BCUT2D eigenvalue weighted by molar-refractivity contribution is 7.89. The van der Waals surface area contributed by atoms with Crippen molar-refractivity contribution in [3.05, 3.63) is 29.1 Å². The largest absolute Gasteiger partial charge is 0.393 e. The molecule has 2 N–H and O–H groups in total. The first-order chi connectivity index (χ1) is 13.8. The summed E-state index contributed by atoms with van der Waals surface area (Å²) in [7, 11) is -3.62. The van der Waals surface area contributed by atoms with Crippen molar-refractivity contribution in [2.75, 3.05) is 31.1 Å². The van der Waals surface area contributed by atoms with Gasteiger partial charge in [-0.05, 0) is 49.8 Å². The number of pyridine rings is 1. The number of carbonyl (C=O) groups is 1. The number of sulfonamides is 1. The predicted octanol–water partition coefficient (Wildman–Crippen LogP) is 1.16. The quantitative estimate of drug-likeness (QED) is 0.758. The number of aliphatic hydroxyl groups is 1. The minimum Gasteiger partial charge on any atom is -0.393 e. The van der Waals surface area contributed by atoms with Gasteiger partial charge in [0.25, 0.3) is 0 Å². The van der Waals surface area contributed by atoms with Crippen LogP contribution in [0.3, 0.4) is 0 Å². The average Bonchev–Trinajstić information content (AvgIpc) is 3.19. The summed E-state index contributed by atoms with van der Waals surface area (Å²) in [6.07, 6.45) is 3.66. The van der Waals surface area contributed by atoms with Crippen LogP contribution in [0, 0.1) is 12.8 Å². The average molecular weight is 421 g/mol. The van der Waals surface area contributed by atoms with E-state index in [4.69, 9.17) is 0 Å². The van der Waals surface area contributed by atoms with Crippen LogP contribution in [0.4, 0.5) is 5.82 Å². The fourth-order valence-electron chi connectivity index (χ4n) is 4.38. The SMILES string of the molecule is Cc1cc(N2CCC3=C(CCC(=O)N3)C2)ncc1S(=O)(=O)N1CCC(C(C)O)C1. The molecule has 0 radical (unpaired) electrons. The van der Waals surface area contributed by atoms with Gasteiger partial charge in [0.2, 0.25) is 15.9 Å². The number of carbonyl (C=O) groups excluding carboxylic acids is 1. The van der Waals surface area contributed by atoms with Gasteiger partial charge in [0.15, 0.2) is 0 Å². The molecule has 0 saturated carbocycles. The van der Waals surface area contributed by atoms with Crippen LogP contribution in [0.1, 0.15) is 38.2 Å². The molecular weight excluding hydrogens is 392 g/mol. The lowest BCUT2D eigenvalue weighted by molar-refractivity contribution is -0.120. The van der Waals surface area contributed by atoms with Gasteiger partial charge in [0, 0.05) is 50.9 Å². The lowest BCUT2D eigenvalue weighted by Gasteiger charge is -2.34. The fourth-order valence-corrected chi connectivity index (χ4v) is 6.04. The highest BCUT2D eigenvalue weighted by atomic mass is 32.2. The summed E-state index contributed by atoms with van der Waals surface area (Å²) in [6, 6.07) is 1.84. The molecule has 1 aromatic rings. The van der Waals surface area contributed by atoms with Gasteiger partial charge in [-0.3, -0.25) is 4.79 Å². The Bertz CT molecular complexity index is 957. The molecule has 1 saturated heterocycles. The first kappa shape index (κ1) is 20.3. The standard InChI is InChI=1S/C20H28N4O4S/c1-13-9-19(23-7-6-17-16(11-23)3-4-20(26)22-17)21-10-18(13)29(27,28)24-8-5-15(12-24)14(2)25/h9-10,14-15,25H,3-8,11-12H2,1-2H3,(H,22,26). The maximum Gasteiger partial charge on any atom is 0.244 e. The van der Waals surface area contributed by atoms with Crippen LogP contribution in [0.15, 0.2) is 28.4 Å². The van der Waals surface area contributed by atoms with Crippen LogP contribution in [-0.2, 0) is 14.8 Å². The van der Waals surface area contributed by atoms with E-state index < -0.39 is 16.1 Å². The Morgan fingerprint density at radius 3 is 2.76 bits per heavy atom. The summed E-state index contributed by atoms with van der Waals surface area (Å²) in [5, 5.41) is 12.7. The van der Waals surface area contributed by atoms with Crippen LogP contribution in [-0.4, -0.2) is 61.0 Å². The van der Waals surface area contributed by atoms with Crippen LogP contribution in [0.2, 0.25) is 0 Å². The minimum atomic E-state index is -3.62. The molecule has 3 aliphatic rings. The molecule has 9 heteroatoms.